The van der Waals surface area contributed by atoms with Crippen molar-refractivity contribution in [2.75, 3.05) is 25.7 Å². The molecule has 1 aromatic heterocycles. The normalized spacial score (nSPS) is 16.2. The Bertz CT molecular complexity index is 2350. The number of aromatic nitrogens is 1. The van der Waals surface area contributed by atoms with Crippen LogP contribution in [0.1, 0.15) is 35.2 Å². The molecule has 2 aliphatic rings. The summed E-state index contributed by atoms with van der Waals surface area (Å²) in [7, 11) is 3.05. The van der Waals surface area contributed by atoms with Gasteiger partial charge in [0.05, 0.1) is 55.9 Å². The zero-order valence-electron chi connectivity index (χ0n) is 26.8. The summed E-state index contributed by atoms with van der Waals surface area (Å²) in [6.07, 6.45) is 0. The van der Waals surface area contributed by atoms with E-state index >= 15 is 0 Å². The third kappa shape index (κ3) is 5.52. The van der Waals surface area contributed by atoms with Crippen LogP contribution in [0.3, 0.4) is 0 Å². The maximum atomic E-state index is 14.8. The number of esters is 1. The van der Waals surface area contributed by atoms with Crippen LogP contribution in [-0.4, -0.2) is 37.3 Å². The number of carbonyl (C=O) groups excluding carboxylic acids is 2. The number of hydrogen-bond donors (Lipinski definition) is 0. The lowest BCUT2D eigenvalue weighted by Gasteiger charge is -2.26. The number of ether oxygens (including phenoxy) is 3. The van der Waals surface area contributed by atoms with Crippen molar-refractivity contribution in [3.05, 3.63) is 150 Å². The summed E-state index contributed by atoms with van der Waals surface area (Å²) in [6, 6.07) is 28.3. The second-order valence-corrected chi connectivity index (χ2v) is 12.6. The molecule has 0 saturated heterocycles. The molecule has 2 aliphatic heterocycles. The number of carbonyl (C=O) groups is 2. The first-order chi connectivity index (χ1) is 23.9. The highest BCUT2D eigenvalue weighted by Crippen LogP contribution is 2.40. The molecule has 4 aromatic carbocycles. The first-order valence-electron chi connectivity index (χ1n) is 15.5. The van der Waals surface area contributed by atoms with Gasteiger partial charge >= 0.3 is 5.97 Å². The van der Waals surface area contributed by atoms with Gasteiger partial charge in [0.25, 0.3) is 11.5 Å². The van der Waals surface area contributed by atoms with Gasteiger partial charge in [-0.2, -0.15) is 0 Å². The van der Waals surface area contributed by atoms with Crippen LogP contribution in [0.25, 0.3) is 11.3 Å². The van der Waals surface area contributed by atoms with E-state index in [1.807, 2.05) is 72.8 Å². The smallest absolute Gasteiger partial charge is 0.338 e. The number of fused-ring (bicyclic) bond motifs is 2. The van der Waals surface area contributed by atoms with E-state index < -0.39 is 17.6 Å². The Morgan fingerprint density at radius 1 is 0.898 bits per heavy atom. The maximum absolute atomic E-state index is 14.8. The predicted molar refractivity (Wildman–Crippen MR) is 189 cm³/mol. The third-order valence-corrected chi connectivity index (χ3v) is 9.93. The lowest BCUT2D eigenvalue weighted by molar-refractivity contribution is -0.138. The van der Waals surface area contributed by atoms with E-state index in [4.69, 9.17) is 30.8 Å². The highest BCUT2D eigenvalue weighted by molar-refractivity contribution is 7.07. The summed E-state index contributed by atoms with van der Waals surface area (Å²) in [4.78, 5) is 49.9. The van der Waals surface area contributed by atoms with E-state index in [1.54, 1.807) is 36.1 Å². The minimum Gasteiger partial charge on any atom is -0.493 e. The first-order valence-corrected chi connectivity index (χ1v) is 16.7. The van der Waals surface area contributed by atoms with Crippen molar-refractivity contribution in [3.8, 4) is 11.5 Å². The molecule has 0 N–H and O–H groups in total. The van der Waals surface area contributed by atoms with Gasteiger partial charge in [-0.15, -0.1) is 0 Å². The summed E-state index contributed by atoms with van der Waals surface area (Å²) in [5, 5.41) is 0.537. The molecule has 5 aromatic rings. The van der Waals surface area contributed by atoms with Crippen LogP contribution < -0.4 is 29.3 Å². The number of rotatable bonds is 8. The molecule has 7 rings (SSSR count). The van der Waals surface area contributed by atoms with Crippen LogP contribution in [-0.2, 0) is 20.9 Å². The van der Waals surface area contributed by atoms with Gasteiger partial charge in [-0.05, 0) is 42.3 Å². The van der Waals surface area contributed by atoms with Crippen molar-refractivity contribution in [3.63, 3.8) is 0 Å². The lowest BCUT2D eigenvalue weighted by Crippen LogP contribution is -2.41. The van der Waals surface area contributed by atoms with Crippen LogP contribution in [0.15, 0.2) is 112 Å². The van der Waals surface area contributed by atoms with Crippen LogP contribution in [0, 0.1) is 0 Å². The van der Waals surface area contributed by atoms with E-state index in [0.29, 0.717) is 49.4 Å². The molecule has 3 heterocycles. The Kier molecular flexibility index (Phi) is 8.66. The van der Waals surface area contributed by atoms with Crippen LogP contribution >= 0.6 is 22.9 Å². The van der Waals surface area contributed by atoms with Crippen LogP contribution in [0.2, 0.25) is 5.02 Å². The van der Waals surface area contributed by atoms with E-state index in [0.717, 1.165) is 16.9 Å². The Labute approximate surface area is 290 Å². The second kappa shape index (κ2) is 13.2. The van der Waals surface area contributed by atoms with Crippen molar-refractivity contribution in [1.82, 2.24) is 4.57 Å². The number of amides is 1. The number of nitrogens with zero attached hydrogens (tertiary/aromatic N) is 3. The van der Waals surface area contributed by atoms with Gasteiger partial charge in [0.1, 0.15) is 4.53 Å². The highest BCUT2D eigenvalue weighted by atomic mass is 35.5. The van der Waals surface area contributed by atoms with Crippen molar-refractivity contribution in [1.29, 1.82) is 0 Å². The molecule has 246 valence electrons. The molecule has 1 amide bonds. The van der Waals surface area contributed by atoms with Crippen LogP contribution in [0.5, 0.6) is 11.5 Å². The fourth-order valence-corrected chi connectivity index (χ4v) is 7.57. The number of thiazole rings is 1. The molecule has 11 heteroatoms. The van der Waals surface area contributed by atoms with Crippen molar-refractivity contribution in [2.24, 2.45) is 4.99 Å². The van der Waals surface area contributed by atoms with Gasteiger partial charge in [0.2, 0.25) is 0 Å². The Morgan fingerprint density at radius 3 is 2.35 bits per heavy atom. The largest absolute Gasteiger partial charge is 0.493 e. The van der Waals surface area contributed by atoms with Crippen LogP contribution in [0.4, 0.5) is 5.69 Å². The average Bonchev–Trinajstić information content (AvgIpc) is 3.60. The topological polar surface area (TPSA) is 99.4 Å². The predicted octanol–water partition coefficient (Wildman–Crippen LogP) is 5.52. The number of para-hydroxylation sites is 1. The Balaban J connectivity index is 1.52. The minimum absolute atomic E-state index is 0.115. The number of anilines is 1. The summed E-state index contributed by atoms with van der Waals surface area (Å²) in [6.45, 7) is 2.06. The van der Waals surface area contributed by atoms with Crippen molar-refractivity contribution >= 4 is 51.8 Å². The lowest BCUT2D eigenvalue weighted by atomic mass is 9.93. The van der Waals surface area contributed by atoms with Gasteiger partial charge in [-0.25, -0.2) is 9.79 Å². The molecule has 0 saturated carbocycles. The Hall–Kier alpha value is -5.45. The maximum Gasteiger partial charge on any atom is 0.338 e. The third-order valence-electron chi connectivity index (χ3n) is 8.51. The molecule has 49 heavy (non-hydrogen) atoms. The summed E-state index contributed by atoms with van der Waals surface area (Å²) >= 11 is 7.61. The summed E-state index contributed by atoms with van der Waals surface area (Å²) in [5.41, 5.74) is 3.66. The van der Waals surface area contributed by atoms with Gasteiger partial charge in [0.15, 0.2) is 16.3 Å². The SMILES string of the molecule is CCOC(=O)C1=C(c2ccccc2)N=c2s/c(=C3/C(=O)N(Cc4ccccc4Cl)c4ccccc43)c(=O)n2[C@@H]1c1ccc(OC)c(OC)c1. The fraction of sp³-hybridized carbons (Fsp3) is 0.158. The van der Waals surface area contributed by atoms with E-state index in [9.17, 15) is 14.4 Å². The quantitative estimate of drug-likeness (QED) is 0.199. The molecule has 0 spiro atoms. The number of methoxy groups -OCH3 is 2. The fourth-order valence-electron chi connectivity index (χ4n) is 6.28. The van der Waals surface area contributed by atoms with Gasteiger partial charge < -0.3 is 19.1 Å². The highest BCUT2D eigenvalue weighted by Gasteiger charge is 2.38. The second-order valence-electron chi connectivity index (χ2n) is 11.2. The van der Waals surface area contributed by atoms with E-state index in [-0.39, 0.29) is 34.7 Å². The average molecular weight is 692 g/mol. The van der Waals surface area contributed by atoms with Crippen molar-refractivity contribution < 1.29 is 23.8 Å². The molecular formula is C38H30ClN3O6S. The number of halogens is 1. The van der Waals surface area contributed by atoms with Gasteiger partial charge in [0, 0.05) is 16.1 Å². The van der Waals surface area contributed by atoms with Gasteiger partial charge in [-0.1, -0.05) is 95.7 Å². The first kappa shape index (κ1) is 32.1. The molecule has 0 radical (unpaired) electrons. The van der Waals surface area contributed by atoms with Crippen molar-refractivity contribution in [2.45, 2.75) is 19.5 Å². The number of benzene rings is 4. The number of hydrogen-bond acceptors (Lipinski definition) is 8. The van der Waals surface area contributed by atoms with Gasteiger partial charge in [-0.3, -0.25) is 14.2 Å². The summed E-state index contributed by atoms with van der Waals surface area (Å²) in [5.74, 6) is -0.0443. The molecule has 0 aliphatic carbocycles. The Morgan fingerprint density at radius 2 is 1.61 bits per heavy atom. The zero-order valence-corrected chi connectivity index (χ0v) is 28.4. The molecule has 9 nitrogen and oxygen atoms in total. The molecule has 1 atom stereocenters. The molecular weight excluding hydrogens is 662 g/mol. The monoisotopic (exact) mass is 691 g/mol. The van der Waals surface area contributed by atoms with E-state index in [2.05, 4.69) is 0 Å². The minimum atomic E-state index is -0.967. The zero-order chi connectivity index (χ0) is 34.2. The standard InChI is InChI=1S/C38H30ClN3O6S/c1-4-48-37(45)31-32(22-12-6-5-7-13-22)40-38-42(33(31)23-18-19-28(46-2)29(20-23)47-3)36(44)34(49-38)30-25-15-9-11-17-27(25)41(35(30)43)21-24-14-8-10-16-26(24)39/h5-20,33H,4,21H2,1-3H3/b34-30+/t33-/m1/s1. The molecule has 0 fully saturated rings. The van der Waals surface area contributed by atoms with E-state index in [1.165, 1.54) is 18.8 Å². The summed E-state index contributed by atoms with van der Waals surface area (Å²) < 4.78 is 18.4. The molecule has 0 unspecified atom stereocenters. The molecule has 0 bridgehead atoms.